The molecule has 5 rings (SSSR count). The Morgan fingerprint density at radius 3 is 2.29 bits per heavy atom. The summed E-state index contributed by atoms with van der Waals surface area (Å²) < 4.78 is 5.32. The number of carbonyl (C=O) groups excluding carboxylic acids is 1. The van der Waals surface area contributed by atoms with E-state index in [1.165, 1.54) is 11.6 Å². The van der Waals surface area contributed by atoms with E-state index >= 15 is 0 Å². The molecule has 5 aromatic rings. The molecule has 208 valence electrons. The van der Waals surface area contributed by atoms with Crippen molar-refractivity contribution in [1.82, 2.24) is 15.3 Å². The molecule has 7 nitrogen and oxygen atoms in total. The van der Waals surface area contributed by atoms with Crippen LogP contribution < -0.4 is 5.32 Å². The maximum atomic E-state index is 13.2. The highest BCUT2D eigenvalue weighted by molar-refractivity contribution is 6.03. The number of carboxylic acid groups (broad SMARTS) is 1. The Morgan fingerprint density at radius 2 is 1.61 bits per heavy atom. The summed E-state index contributed by atoms with van der Waals surface area (Å²) in [5.74, 6) is -0.865. The molecule has 0 aliphatic carbocycles. The van der Waals surface area contributed by atoms with Gasteiger partial charge in [-0.15, -0.1) is 0 Å². The van der Waals surface area contributed by atoms with E-state index in [-0.39, 0.29) is 35.1 Å². The van der Waals surface area contributed by atoms with Gasteiger partial charge in [0.05, 0.1) is 29.2 Å². The fourth-order valence-corrected chi connectivity index (χ4v) is 4.94. The molecule has 1 amide bonds. The summed E-state index contributed by atoms with van der Waals surface area (Å²) in [5.41, 5.74) is 6.07. The number of benzene rings is 4. The van der Waals surface area contributed by atoms with Crippen molar-refractivity contribution < 1.29 is 19.4 Å². The number of rotatable bonds is 8. The highest BCUT2D eigenvalue weighted by Gasteiger charge is 2.22. The molecule has 0 saturated heterocycles. The van der Waals surface area contributed by atoms with Crippen LogP contribution in [0.2, 0.25) is 0 Å². The van der Waals surface area contributed by atoms with Crippen LogP contribution in [-0.4, -0.2) is 40.7 Å². The van der Waals surface area contributed by atoms with Gasteiger partial charge in [-0.3, -0.25) is 4.79 Å². The van der Waals surface area contributed by atoms with E-state index < -0.39 is 5.97 Å². The van der Waals surface area contributed by atoms with E-state index in [2.05, 4.69) is 43.2 Å². The van der Waals surface area contributed by atoms with E-state index in [0.717, 1.165) is 22.2 Å². The number of carboxylic acids is 1. The third-order valence-corrected chi connectivity index (χ3v) is 7.17. The third kappa shape index (κ3) is 5.90. The van der Waals surface area contributed by atoms with Crippen LogP contribution in [0.5, 0.6) is 0 Å². The van der Waals surface area contributed by atoms with Gasteiger partial charge in [0.1, 0.15) is 5.82 Å². The minimum Gasteiger partial charge on any atom is -0.478 e. The lowest BCUT2D eigenvalue weighted by Gasteiger charge is -2.19. The molecular formula is C34H33N3O4. The van der Waals surface area contributed by atoms with Gasteiger partial charge in [0, 0.05) is 18.2 Å². The molecule has 1 heterocycles. The first kappa shape index (κ1) is 27.8. The predicted molar refractivity (Wildman–Crippen MR) is 161 cm³/mol. The first-order chi connectivity index (χ1) is 19.7. The van der Waals surface area contributed by atoms with Crippen LogP contribution in [0.15, 0.2) is 91.0 Å². The zero-order valence-corrected chi connectivity index (χ0v) is 23.6. The lowest BCUT2D eigenvalue weighted by atomic mass is 9.87. The number of hydrogen-bond acceptors (Lipinski definition) is 4. The van der Waals surface area contributed by atoms with Crippen molar-refractivity contribution in [3.05, 3.63) is 113 Å². The highest BCUT2D eigenvalue weighted by atomic mass is 16.5. The maximum absolute atomic E-state index is 13.2. The van der Waals surface area contributed by atoms with Crippen LogP contribution in [-0.2, 0) is 10.2 Å². The number of carbonyl (C=O) groups is 2. The van der Waals surface area contributed by atoms with E-state index in [9.17, 15) is 14.7 Å². The Hall–Kier alpha value is -4.75. The Balaban J connectivity index is 1.51. The summed E-state index contributed by atoms with van der Waals surface area (Å²) in [6.07, 6.45) is 0. The number of methoxy groups -OCH3 is 1. The lowest BCUT2D eigenvalue weighted by Crippen LogP contribution is -2.31. The summed E-state index contributed by atoms with van der Waals surface area (Å²) in [5, 5.41) is 13.2. The molecule has 0 aliphatic heterocycles. The fraction of sp³-hybridized carbons (Fsp3) is 0.206. The second-order valence-corrected chi connectivity index (χ2v) is 11.1. The molecule has 0 radical (unpaired) electrons. The summed E-state index contributed by atoms with van der Waals surface area (Å²) in [6, 6.07) is 27.6. The number of aromatic nitrogens is 2. The molecule has 0 bridgehead atoms. The Morgan fingerprint density at radius 1 is 0.902 bits per heavy atom. The van der Waals surface area contributed by atoms with E-state index in [0.29, 0.717) is 17.0 Å². The smallest absolute Gasteiger partial charge is 0.336 e. The van der Waals surface area contributed by atoms with E-state index in [4.69, 9.17) is 9.72 Å². The molecule has 0 spiro atoms. The largest absolute Gasteiger partial charge is 0.478 e. The second-order valence-electron chi connectivity index (χ2n) is 11.1. The number of fused-ring (bicyclic) bond motifs is 1. The average molecular weight is 548 g/mol. The number of ether oxygens (including phenoxy) is 1. The molecule has 7 heteroatoms. The molecule has 0 unspecified atom stereocenters. The lowest BCUT2D eigenvalue weighted by molar-refractivity contribution is 0.0697. The van der Waals surface area contributed by atoms with Crippen molar-refractivity contribution in [3.63, 3.8) is 0 Å². The number of aromatic carboxylic acids is 1. The van der Waals surface area contributed by atoms with Crippen LogP contribution >= 0.6 is 0 Å². The molecule has 41 heavy (non-hydrogen) atoms. The van der Waals surface area contributed by atoms with E-state index in [1.807, 2.05) is 60.7 Å². The fourth-order valence-electron chi connectivity index (χ4n) is 4.94. The van der Waals surface area contributed by atoms with E-state index in [1.54, 1.807) is 19.2 Å². The first-order valence-electron chi connectivity index (χ1n) is 13.5. The van der Waals surface area contributed by atoms with Crippen molar-refractivity contribution in [3.8, 4) is 22.5 Å². The zero-order valence-electron chi connectivity index (χ0n) is 23.6. The number of amides is 1. The van der Waals surface area contributed by atoms with Crippen molar-refractivity contribution in [2.24, 2.45) is 0 Å². The molecule has 0 fully saturated rings. The van der Waals surface area contributed by atoms with Crippen LogP contribution in [0, 0.1) is 0 Å². The van der Waals surface area contributed by atoms with Crippen molar-refractivity contribution in [2.45, 2.75) is 32.2 Å². The summed E-state index contributed by atoms with van der Waals surface area (Å²) in [6.45, 7) is 6.77. The minimum atomic E-state index is -1.12. The topological polar surface area (TPSA) is 104 Å². The van der Waals surface area contributed by atoms with Gasteiger partial charge >= 0.3 is 5.97 Å². The number of hydrogen-bond donors (Lipinski definition) is 3. The molecule has 0 saturated carbocycles. The first-order valence-corrected chi connectivity index (χ1v) is 13.5. The van der Waals surface area contributed by atoms with Gasteiger partial charge in [0.25, 0.3) is 5.91 Å². The van der Waals surface area contributed by atoms with Gasteiger partial charge in [-0.25, -0.2) is 9.78 Å². The molecule has 0 aliphatic rings. The number of H-pyrrole nitrogens is 1. The highest BCUT2D eigenvalue weighted by Crippen LogP contribution is 2.35. The van der Waals surface area contributed by atoms with Gasteiger partial charge in [0.2, 0.25) is 0 Å². The summed E-state index contributed by atoms with van der Waals surface area (Å²) >= 11 is 0. The van der Waals surface area contributed by atoms with Gasteiger partial charge < -0.3 is 20.1 Å². The van der Waals surface area contributed by atoms with Crippen molar-refractivity contribution in [1.29, 1.82) is 0 Å². The number of aromatic amines is 1. The minimum absolute atomic E-state index is 0.00747. The maximum Gasteiger partial charge on any atom is 0.336 e. The Kier molecular flexibility index (Phi) is 7.72. The zero-order chi connectivity index (χ0) is 29.1. The Bertz CT molecular complexity index is 1720. The SMILES string of the molecule is COC[C@@H](NC(=O)c1ccc(-c2ccccc2-c2nc3ccc(C(C)(C)C)cc3[nH]2)c(C(=O)O)c1)c1ccccc1. The standard InChI is InChI=1S/C34H33N3O4/c1-34(2,3)23-15-17-28-29(19-23)36-31(35-28)26-13-9-8-12-24(26)25-16-14-22(18-27(25)33(39)40)32(38)37-30(20-41-4)21-10-6-5-7-11-21/h5-19,30H,20H2,1-4H3,(H,35,36)(H,37,38)(H,39,40)/t30-/m1/s1. The normalized spacial score (nSPS) is 12.3. The number of imidazole rings is 1. The average Bonchev–Trinajstić information content (AvgIpc) is 3.40. The Labute approximate surface area is 239 Å². The molecule has 1 aromatic heterocycles. The van der Waals surface area contributed by atoms with Gasteiger partial charge in [0.15, 0.2) is 0 Å². The number of nitrogens with zero attached hydrogens (tertiary/aromatic N) is 1. The van der Waals surface area contributed by atoms with Crippen LogP contribution in [0.3, 0.4) is 0 Å². The third-order valence-electron chi connectivity index (χ3n) is 7.17. The summed E-state index contributed by atoms with van der Waals surface area (Å²) in [7, 11) is 1.57. The summed E-state index contributed by atoms with van der Waals surface area (Å²) in [4.78, 5) is 33.9. The molecule has 4 aromatic carbocycles. The molecule has 3 N–H and O–H groups in total. The van der Waals surface area contributed by atoms with Crippen LogP contribution in [0.4, 0.5) is 0 Å². The van der Waals surface area contributed by atoms with Gasteiger partial charge in [-0.2, -0.15) is 0 Å². The number of nitrogens with one attached hydrogen (secondary N) is 2. The van der Waals surface area contributed by atoms with Crippen molar-refractivity contribution >= 4 is 22.9 Å². The quantitative estimate of drug-likeness (QED) is 0.194. The predicted octanol–water partition coefficient (Wildman–Crippen LogP) is 7.01. The van der Waals surface area contributed by atoms with Crippen LogP contribution in [0.25, 0.3) is 33.5 Å². The van der Waals surface area contributed by atoms with Gasteiger partial charge in [-0.1, -0.05) is 87.5 Å². The van der Waals surface area contributed by atoms with Gasteiger partial charge in [-0.05, 0) is 51.9 Å². The van der Waals surface area contributed by atoms with Crippen molar-refractivity contribution in [2.75, 3.05) is 13.7 Å². The monoisotopic (exact) mass is 547 g/mol. The molecular weight excluding hydrogens is 514 g/mol. The second kappa shape index (κ2) is 11.4. The van der Waals surface area contributed by atoms with Crippen LogP contribution in [0.1, 0.15) is 58.7 Å². The molecule has 1 atom stereocenters.